The van der Waals surface area contributed by atoms with Crippen LogP contribution in [0.1, 0.15) is 16.7 Å². The maximum atomic E-state index is 14.0. The van der Waals surface area contributed by atoms with Gasteiger partial charge in [-0.3, -0.25) is 5.10 Å². The normalized spacial score (nSPS) is 15.8. The van der Waals surface area contributed by atoms with Gasteiger partial charge in [0.25, 0.3) is 0 Å². The number of benzene rings is 2. The maximum Gasteiger partial charge on any atom is 0.321 e. The maximum absolute atomic E-state index is 14.0. The van der Waals surface area contributed by atoms with Crippen LogP contribution < -0.4 is 4.74 Å². The Morgan fingerprint density at radius 3 is 2.84 bits per heavy atom. The summed E-state index contributed by atoms with van der Waals surface area (Å²) in [6.45, 7) is 2.49. The molecule has 5 rings (SSSR count). The number of aromatic nitrogens is 2. The minimum Gasteiger partial charge on any atom is -0.497 e. The van der Waals surface area contributed by atoms with Gasteiger partial charge in [0, 0.05) is 37.5 Å². The fraction of sp³-hybridized carbons (Fsp3) is 0.333. The highest BCUT2D eigenvalue weighted by atomic mass is 19.1. The van der Waals surface area contributed by atoms with Crippen molar-refractivity contribution in [3.05, 3.63) is 71.3 Å². The minimum absolute atomic E-state index is 0.0124. The van der Waals surface area contributed by atoms with Gasteiger partial charge < -0.3 is 19.3 Å². The smallest absolute Gasteiger partial charge is 0.321 e. The quantitative estimate of drug-likeness (QED) is 0.664. The summed E-state index contributed by atoms with van der Waals surface area (Å²) >= 11 is 0. The largest absolute Gasteiger partial charge is 0.497 e. The van der Waals surface area contributed by atoms with Crippen LogP contribution in [0.3, 0.4) is 0 Å². The average molecular weight is 436 g/mol. The fourth-order valence-electron chi connectivity index (χ4n) is 4.27. The number of halogens is 1. The summed E-state index contributed by atoms with van der Waals surface area (Å²) in [6.07, 6.45) is 4.47. The summed E-state index contributed by atoms with van der Waals surface area (Å²) in [6, 6.07) is 10.8. The van der Waals surface area contributed by atoms with Crippen molar-refractivity contribution in [2.75, 3.05) is 26.9 Å². The molecule has 1 aromatic heterocycles. The van der Waals surface area contributed by atoms with E-state index in [2.05, 4.69) is 28.4 Å². The van der Waals surface area contributed by atoms with Gasteiger partial charge in [-0.15, -0.1) is 0 Å². The van der Waals surface area contributed by atoms with Crippen LogP contribution in [-0.4, -0.2) is 58.9 Å². The molecule has 3 heterocycles. The Balaban J connectivity index is 1.34. The lowest BCUT2D eigenvalue weighted by Crippen LogP contribution is -2.55. The van der Waals surface area contributed by atoms with E-state index in [9.17, 15) is 9.18 Å². The lowest BCUT2D eigenvalue weighted by atomic mass is 9.95. The molecule has 3 aromatic rings. The second-order valence-corrected chi connectivity index (χ2v) is 8.24. The molecular weight excluding hydrogens is 411 g/mol. The van der Waals surface area contributed by atoms with Gasteiger partial charge in [0.05, 0.1) is 32.6 Å². The second-order valence-electron chi connectivity index (χ2n) is 8.24. The Morgan fingerprint density at radius 2 is 2.12 bits per heavy atom. The van der Waals surface area contributed by atoms with Crippen molar-refractivity contribution in [1.29, 1.82) is 0 Å². The number of carbonyl (C=O) groups excluding carboxylic acids is 1. The molecule has 0 spiro atoms. The summed E-state index contributed by atoms with van der Waals surface area (Å²) in [5, 5.41) is 6.87. The number of fused-ring (bicyclic) bond motifs is 1. The molecule has 2 aliphatic rings. The number of hydrogen-bond donors (Lipinski definition) is 1. The molecule has 0 unspecified atom stereocenters. The number of methoxy groups -OCH3 is 1. The van der Waals surface area contributed by atoms with Crippen molar-refractivity contribution in [1.82, 2.24) is 20.0 Å². The molecule has 8 heteroatoms. The molecule has 0 atom stereocenters. The molecule has 1 fully saturated rings. The first-order chi connectivity index (χ1) is 15.6. The molecule has 2 aliphatic heterocycles. The van der Waals surface area contributed by atoms with E-state index in [0.29, 0.717) is 44.2 Å². The third-order valence-electron chi connectivity index (χ3n) is 6.15. The van der Waals surface area contributed by atoms with E-state index in [4.69, 9.17) is 9.47 Å². The van der Waals surface area contributed by atoms with Crippen LogP contribution in [0.4, 0.5) is 9.18 Å². The highest BCUT2D eigenvalue weighted by Gasteiger charge is 2.34. The van der Waals surface area contributed by atoms with Crippen molar-refractivity contribution in [3.63, 3.8) is 0 Å². The van der Waals surface area contributed by atoms with Gasteiger partial charge in [-0.2, -0.15) is 5.10 Å². The van der Waals surface area contributed by atoms with E-state index < -0.39 is 0 Å². The number of amides is 2. The van der Waals surface area contributed by atoms with Crippen molar-refractivity contribution in [2.45, 2.75) is 25.6 Å². The third-order valence-corrected chi connectivity index (χ3v) is 6.15. The average Bonchev–Trinajstić information content (AvgIpc) is 3.31. The lowest BCUT2D eigenvalue weighted by molar-refractivity contribution is -0.0565. The SMILES string of the molecule is COc1cc(F)cc(CN(C(=O)N2CCc3cc(-c4cn[nH]c4)ccc3C2)C2COC2)c1. The Morgan fingerprint density at radius 1 is 1.25 bits per heavy atom. The fourth-order valence-corrected chi connectivity index (χ4v) is 4.27. The first-order valence-electron chi connectivity index (χ1n) is 10.7. The molecule has 0 radical (unpaired) electrons. The molecule has 2 amide bonds. The van der Waals surface area contributed by atoms with Crippen LogP contribution in [0.25, 0.3) is 11.1 Å². The van der Waals surface area contributed by atoms with E-state index in [1.165, 1.54) is 24.8 Å². The molecule has 32 heavy (non-hydrogen) atoms. The summed E-state index contributed by atoms with van der Waals surface area (Å²) in [7, 11) is 1.50. The molecule has 0 saturated carbocycles. The minimum atomic E-state index is -0.378. The van der Waals surface area contributed by atoms with Gasteiger partial charge in [0.15, 0.2) is 0 Å². The van der Waals surface area contributed by atoms with Crippen LogP contribution in [0.15, 0.2) is 48.8 Å². The van der Waals surface area contributed by atoms with Crippen molar-refractivity contribution in [2.24, 2.45) is 0 Å². The standard InChI is InChI=1S/C24H25FN4O3/c1-31-23-7-16(6-21(25)9-23)12-29(22-14-32-15-22)24(30)28-5-4-18-8-17(2-3-19(18)13-28)20-10-26-27-11-20/h2-3,6-11,22H,4-5,12-15H2,1H3,(H,26,27). The van der Waals surface area contributed by atoms with Crippen LogP contribution in [0.2, 0.25) is 0 Å². The third kappa shape index (κ3) is 4.05. The molecule has 166 valence electrons. The van der Waals surface area contributed by atoms with Crippen LogP contribution in [-0.2, 0) is 24.2 Å². The molecular formula is C24H25FN4O3. The molecule has 7 nitrogen and oxygen atoms in total. The first-order valence-corrected chi connectivity index (χ1v) is 10.7. The summed E-state index contributed by atoms with van der Waals surface area (Å²) in [5.74, 6) is 0.0644. The van der Waals surface area contributed by atoms with Crippen molar-refractivity contribution >= 4 is 6.03 Å². The van der Waals surface area contributed by atoms with E-state index >= 15 is 0 Å². The summed E-state index contributed by atoms with van der Waals surface area (Å²) in [5.41, 5.74) is 5.26. The van der Waals surface area contributed by atoms with E-state index in [0.717, 1.165) is 23.1 Å². The van der Waals surface area contributed by atoms with Gasteiger partial charge in [0.1, 0.15) is 11.6 Å². The summed E-state index contributed by atoms with van der Waals surface area (Å²) in [4.78, 5) is 17.2. The first kappa shape index (κ1) is 20.5. The number of ether oxygens (including phenoxy) is 2. The Labute approximate surface area is 185 Å². The highest BCUT2D eigenvalue weighted by Crippen LogP contribution is 2.28. The van der Waals surface area contributed by atoms with Crippen molar-refractivity contribution < 1.29 is 18.7 Å². The zero-order chi connectivity index (χ0) is 22.1. The highest BCUT2D eigenvalue weighted by molar-refractivity contribution is 5.76. The number of hydrogen-bond acceptors (Lipinski definition) is 4. The molecule has 1 N–H and O–H groups in total. The predicted octanol–water partition coefficient (Wildman–Crippen LogP) is 3.60. The predicted molar refractivity (Wildman–Crippen MR) is 117 cm³/mol. The zero-order valence-corrected chi connectivity index (χ0v) is 17.9. The second kappa shape index (κ2) is 8.63. The molecule has 1 saturated heterocycles. The number of urea groups is 1. The monoisotopic (exact) mass is 436 g/mol. The van der Waals surface area contributed by atoms with Gasteiger partial charge >= 0.3 is 6.03 Å². The van der Waals surface area contributed by atoms with E-state index in [1.54, 1.807) is 17.2 Å². The zero-order valence-electron chi connectivity index (χ0n) is 17.9. The van der Waals surface area contributed by atoms with E-state index in [1.807, 2.05) is 11.1 Å². The molecule has 0 aliphatic carbocycles. The van der Waals surface area contributed by atoms with Crippen molar-refractivity contribution in [3.8, 4) is 16.9 Å². The molecule has 0 bridgehead atoms. The topological polar surface area (TPSA) is 70.7 Å². The molecule has 2 aromatic carbocycles. The number of nitrogens with zero attached hydrogens (tertiary/aromatic N) is 3. The Kier molecular flexibility index (Phi) is 5.53. The van der Waals surface area contributed by atoms with Gasteiger partial charge in [0.2, 0.25) is 0 Å². The number of rotatable bonds is 5. The number of aromatic amines is 1. The van der Waals surface area contributed by atoms with Crippen LogP contribution in [0.5, 0.6) is 5.75 Å². The number of H-pyrrole nitrogens is 1. The lowest BCUT2D eigenvalue weighted by Gasteiger charge is -2.41. The van der Waals surface area contributed by atoms with E-state index in [-0.39, 0.29) is 17.9 Å². The Hall–Kier alpha value is -3.39. The summed E-state index contributed by atoms with van der Waals surface area (Å²) < 4.78 is 24.5. The van der Waals surface area contributed by atoms with Gasteiger partial charge in [-0.1, -0.05) is 18.2 Å². The Bertz CT molecular complexity index is 1110. The number of nitrogens with one attached hydrogen (secondary N) is 1. The van der Waals surface area contributed by atoms with Gasteiger partial charge in [-0.05, 0) is 40.8 Å². The van der Waals surface area contributed by atoms with Crippen LogP contribution in [0, 0.1) is 5.82 Å². The van der Waals surface area contributed by atoms with Crippen LogP contribution >= 0.6 is 0 Å². The number of carbonyl (C=O) groups is 1. The van der Waals surface area contributed by atoms with Gasteiger partial charge in [-0.25, -0.2) is 9.18 Å².